The Morgan fingerprint density at radius 3 is 2.33 bits per heavy atom. The molecule has 0 spiro atoms. The third-order valence-electron chi connectivity index (χ3n) is 1.41. The minimum Gasteiger partial charge on any atom is -0.493 e. The minimum absolute atomic E-state index is 0.303. The van der Waals surface area contributed by atoms with Crippen LogP contribution in [0.4, 0.5) is 0 Å². The van der Waals surface area contributed by atoms with E-state index in [0.717, 1.165) is 0 Å². The Morgan fingerprint density at radius 1 is 1.08 bits per heavy atom. The Labute approximate surface area is 71.4 Å². The zero-order chi connectivity index (χ0) is 8.97. The maximum atomic E-state index is 5.01. The van der Waals surface area contributed by atoms with Gasteiger partial charge < -0.3 is 18.9 Å². The van der Waals surface area contributed by atoms with E-state index < -0.39 is 0 Å². The summed E-state index contributed by atoms with van der Waals surface area (Å²) in [7, 11) is 4.58. The summed E-state index contributed by atoms with van der Waals surface area (Å²) >= 11 is 0. The van der Waals surface area contributed by atoms with Crippen LogP contribution in [0.3, 0.4) is 0 Å². The molecule has 1 rings (SSSR count). The van der Waals surface area contributed by atoms with Crippen molar-refractivity contribution in [2.24, 2.45) is 0 Å². The molecule has 0 bridgehead atoms. The highest BCUT2D eigenvalue weighted by Crippen LogP contribution is 2.25. The molecule has 12 heavy (non-hydrogen) atoms. The highest BCUT2D eigenvalue weighted by atomic mass is 16.7. The normalized spacial score (nSPS) is 17.6. The van der Waals surface area contributed by atoms with Gasteiger partial charge in [-0.3, -0.25) is 0 Å². The van der Waals surface area contributed by atoms with E-state index in [2.05, 4.69) is 0 Å². The maximum absolute atomic E-state index is 5.01. The second-order valence-electron chi connectivity index (χ2n) is 2.01. The third-order valence-corrected chi connectivity index (χ3v) is 1.41. The molecule has 0 aromatic rings. The molecule has 1 heterocycles. The van der Waals surface area contributed by atoms with Crippen molar-refractivity contribution in [3.8, 4) is 0 Å². The van der Waals surface area contributed by atoms with Gasteiger partial charge in [0.2, 0.25) is 5.76 Å². The van der Waals surface area contributed by atoms with E-state index in [1.54, 1.807) is 13.2 Å². The number of methoxy groups -OCH3 is 3. The van der Waals surface area contributed by atoms with Gasteiger partial charge in [-0.05, 0) is 0 Å². The molecular weight excluding hydrogens is 160 g/mol. The predicted octanol–water partition coefficient (Wildman–Crippen LogP) is 1.17. The van der Waals surface area contributed by atoms with Crippen LogP contribution in [0.1, 0.15) is 0 Å². The lowest BCUT2D eigenvalue weighted by Gasteiger charge is -2.19. The summed E-state index contributed by atoms with van der Waals surface area (Å²) in [6.45, 7) is 0. The maximum Gasteiger partial charge on any atom is 0.348 e. The Bertz CT molecular complexity index is 207. The van der Waals surface area contributed by atoms with Gasteiger partial charge in [0, 0.05) is 13.2 Å². The van der Waals surface area contributed by atoms with Gasteiger partial charge in [0.25, 0.3) is 0 Å². The fourth-order valence-electron chi connectivity index (χ4n) is 0.873. The zero-order valence-corrected chi connectivity index (χ0v) is 7.29. The average Bonchev–Trinajstić information content (AvgIpc) is 2.16. The van der Waals surface area contributed by atoms with Gasteiger partial charge in [-0.2, -0.15) is 0 Å². The van der Waals surface area contributed by atoms with Crippen LogP contribution in [0.25, 0.3) is 0 Å². The first-order chi connectivity index (χ1) is 5.83. The molecule has 0 saturated carbocycles. The summed E-state index contributed by atoms with van der Waals surface area (Å²) in [6, 6.07) is 0. The molecule has 1 aliphatic rings. The lowest BCUT2D eigenvalue weighted by Crippen LogP contribution is -2.13. The van der Waals surface area contributed by atoms with Crippen molar-refractivity contribution < 1.29 is 18.9 Å². The molecule has 0 N–H and O–H groups in total. The summed E-state index contributed by atoms with van der Waals surface area (Å²) < 4.78 is 19.9. The van der Waals surface area contributed by atoms with Crippen LogP contribution in [0.15, 0.2) is 23.9 Å². The van der Waals surface area contributed by atoms with Crippen molar-refractivity contribution in [2.45, 2.75) is 0 Å². The number of rotatable bonds is 3. The summed E-state index contributed by atoms with van der Waals surface area (Å²) in [5.41, 5.74) is 0. The molecule has 0 aliphatic carbocycles. The van der Waals surface area contributed by atoms with Gasteiger partial charge >= 0.3 is 6.29 Å². The third kappa shape index (κ3) is 1.53. The van der Waals surface area contributed by atoms with Gasteiger partial charge in [-0.25, -0.2) is 0 Å². The molecule has 0 fully saturated rings. The molecule has 4 heteroatoms. The molecule has 0 atom stereocenters. The zero-order valence-electron chi connectivity index (χ0n) is 7.29. The van der Waals surface area contributed by atoms with Crippen LogP contribution in [-0.2, 0) is 18.9 Å². The van der Waals surface area contributed by atoms with Crippen LogP contribution in [-0.4, -0.2) is 21.3 Å². The van der Waals surface area contributed by atoms with Gasteiger partial charge in [-0.1, -0.05) is 0 Å². The van der Waals surface area contributed by atoms with Crippen molar-refractivity contribution in [3.63, 3.8) is 0 Å². The second-order valence-corrected chi connectivity index (χ2v) is 2.01. The lowest BCUT2D eigenvalue weighted by atomic mass is 10.3. The molecular formula is C8H11O4. The SMILES string of the molecule is CO[C]1OC=CC(OC)=C1OC. The number of hydrogen-bond donors (Lipinski definition) is 0. The standard InChI is InChI=1S/C8H11O4/c1-9-6-4-5-12-8(11-3)7(6)10-2/h4-5H,1-3H3. The lowest BCUT2D eigenvalue weighted by molar-refractivity contribution is 0.00320. The van der Waals surface area contributed by atoms with E-state index in [-0.39, 0.29) is 0 Å². The Hall–Kier alpha value is -1.16. The van der Waals surface area contributed by atoms with Gasteiger partial charge in [0.05, 0.1) is 20.5 Å². The Morgan fingerprint density at radius 2 is 1.83 bits per heavy atom. The molecule has 0 amide bonds. The highest BCUT2D eigenvalue weighted by molar-refractivity contribution is 5.25. The van der Waals surface area contributed by atoms with Crippen LogP contribution < -0.4 is 0 Å². The van der Waals surface area contributed by atoms with Crippen LogP contribution in [0.2, 0.25) is 0 Å². The van der Waals surface area contributed by atoms with Crippen molar-refractivity contribution in [3.05, 3.63) is 30.1 Å². The van der Waals surface area contributed by atoms with E-state index in [1.807, 2.05) is 0 Å². The van der Waals surface area contributed by atoms with E-state index >= 15 is 0 Å². The smallest absolute Gasteiger partial charge is 0.348 e. The van der Waals surface area contributed by atoms with E-state index in [1.165, 1.54) is 20.5 Å². The summed E-state index contributed by atoms with van der Waals surface area (Å²) in [5, 5.41) is 0. The minimum atomic E-state index is 0.303. The Balaban J connectivity index is 2.85. The first-order valence-electron chi connectivity index (χ1n) is 3.40. The second kappa shape index (κ2) is 4.01. The predicted molar refractivity (Wildman–Crippen MR) is 41.5 cm³/mol. The van der Waals surface area contributed by atoms with Crippen molar-refractivity contribution >= 4 is 0 Å². The molecule has 0 aromatic heterocycles. The van der Waals surface area contributed by atoms with Crippen LogP contribution >= 0.6 is 0 Å². The van der Waals surface area contributed by atoms with E-state index in [4.69, 9.17) is 18.9 Å². The molecule has 0 unspecified atom stereocenters. The first kappa shape index (κ1) is 8.93. The van der Waals surface area contributed by atoms with E-state index in [9.17, 15) is 0 Å². The summed E-state index contributed by atoms with van der Waals surface area (Å²) in [5.74, 6) is 1.04. The molecule has 67 valence electrons. The fraction of sp³-hybridized carbons (Fsp3) is 0.375. The Kier molecular flexibility index (Phi) is 2.99. The first-order valence-corrected chi connectivity index (χ1v) is 3.40. The number of allylic oxidation sites excluding steroid dienone is 1. The number of hydrogen-bond acceptors (Lipinski definition) is 4. The van der Waals surface area contributed by atoms with Gasteiger partial charge in [0.1, 0.15) is 0 Å². The largest absolute Gasteiger partial charge is 0.493 e. The van der Waals surface area contributed by atoms with Crippen molar-refractivity contribution in [1.82, 2.24) is 0 Å². The van der Waals surface area contributed by atoms with Crippen molar-refractivity contribution in [1.29, 1.82) is 0 Å². The summed E-state index contributed by atoms with van der Waals surface area (Å²) in [4.78, 5) is 0. The quantitative estimate of drug-likeness (QED) is 0.638. The molecule has 1 radical (unpaired) electrons. The van der Waals surface area contributed by atoms with Crippen molar-refractivity contribution in [2.75, 3.05) is 21.3 Å². The average molecular weight is 171 g/mol. The summed E-state index contributed by atoms with van der Waals surface area (Å²) in [6.07, 6.45) is 3.43. The van der Waals surface area contributed by atoms with Crippen LogP contribution in [0.5, 0.6) is 0 Å². The fourth-order valence-corrected chi connectivity index (χ4v) is 0.873. The molecule has 1 aliphatic heterocycles. The highest BCUT2D eigenvalue weighted by Gasteiger charge is 2.25. The molecule has 4 nitrogen and oxygen atoms in total. The van der Waals surface area contributed by atoms with E-state index in [0.29, 0.717) is 17.8 Å². The molecule has 0 aromatic carbocycles. The van der Waals surface area contributed by atoms with Crippen LogP contribution in [0, 0.1) is 6.29 Å². The number of ether oxygens (including phenoxy) is 4. The monoisotopic (exact) mass is 171 g/mol. The topological polar surface area (TPSA) is 36.9 Å². The molecule has 0 saturated heterocycles. The van der Waals surface area contributed by atoms with Gasteiger partial charge in [0.15, 0.2) is 5.76 Å². The van der Waals surface area contributed by atoms with Gasteiger partial charge in [-0.15, -0.1) is 0 Å².